The second kappa shape index (κ2) is 10.8. The number of carbonyl (C=O) groups excluding carboxylic acids is 1. The number of aromatic nitrogens is 2. The largest absolute Gasteiger partial charge is 0.340 e. The Labute approximate surface area is 217 Å². The number of hydrogen-bond acceptors (Lipinski definition) is 7. The molecule has 0 bridgehead atoms. The molecule has 11 heteroatoms. The van der Waals surface area contributed by atoms with Gasteiger partial charge in [-0.25, -0.2) is 8.42 Å². The van der Waals surface area contributed by atoms with Gasteiger partial charge < -0.3 is 9.42 Å². The molecule has 1 saturated carbocycles. The monoisotopic (exact) mass is 535 g/mol. The lowest BCUT2D eigenvalue weighted by atomic mass is 9.93. The lowest BCUT2D eigenvalue weighted by Gasteiger charge is -2.42. The van der Waals surface area contributed by atoms with Crippen LogP contribution in [0.15, 0.2) is 27.6 Å². The average molecular weight is 536 g/mol. The van der Waals surface area contributed by atoms with Gasteiger partial charge >= 0.3 is 0 Å². The number of sulfonamides is 1. The van der Waals surface area contributed by atoms with Crippen LogP contribution in [-0.4, -0.2) is 83.9 Å². The van der Waals surface area contributed by atoms with Gasteiger partial charge in [0.05, 0.1) is 10.9 Å². The standard InChI is InChI=1S/C25H34ClN5O4S/c1-18-27-24(28-35-18)19-9-10-22(26)23(16-19)36(33,34)31-11-5-6-20(17-31)25(32)30-14-12-29(13-15-30)21-7-3-2-4-8-21/h9-10,16,20-21H,2-8,11-15,17H2,1H3. The maximum atomic E-state index is 13.6. The van der Waals surface area contributed by atoms with Gasteiger partial charge in [0.2, 0.25) is 27.6 Å². The van der Waals surface area contributed by atoms with Crippen molar-refractivity contribution < 1.29 is 17.7 Å². The first-order chi connectivity index (χ1) is 17.3. The smallest absolute Gasteiger partial charge is 0.244 e. The molecule has 1 unspecified atom stereocenters. The molecule has 2 aliphatic heterocycles. The lowest BCUT2D eigenvalue weighted by Crippen LogP contribution is -2.55. The van der Waals surface area contributed by atoms with Gasteiger partial charge in [-0.05, 0) is 43.9 Å². The summed E-state index contributed by atoms with van der Waals surface area (Å²) in [6, 6.07) is 5.34. The minimum Gasteiger partial charge on any atom is -0.340 e. The molecule has 196 valence electrons. The zero-order valence-electron chi connectivity index (χ0n) is 20.7. The van der Waals surface area contributed by atoms with Crippen LogP contribution in [0.4, 0.5) is 0 Å². The van der Waals surface area contributed by atoms with Crippen molar-refractivity contribution in [2.75, 3.05) is 39.3 Å². The normalized spacial score (nSPS) is 23.2. The Kier molecular flexibility index (Phi) is 7.67. The molecular weight excluding hydrogens is 502 g/mol. The molecular formula is C25H34ClN5O4S. The van der Waals surface area contributed by atoms with Crippen LogP contribution >= 0.6 is 11.6 Å². The topological polar surface area (TPSA) is 99.8 Å². The van der Waals surface area contributed by atoms with E-state index >= 15 is 0 Å². The van der Waals surface area contributed by atoms with Crippen molar-refractivity contribution in [3.8, 4) is 11.4 Å². The van der Waals surface area contributed by atoms with Crippen LogP contribution in [0.2, 0.25) is 5.02 Å². The Balaban J connectivity index is 1.26. The number of amides is 1. The first kappa shape index (κ1) is 25.6. The van der Waals surface area contributed by atoms with Gasteiger partial charge in [0, 0.05) is 57.8 Å². The molecule has 1 atom stereocenters. The van der Waals surface area contributed by atoms with Gasteiger partial charge in [0.15, 0.2) is 0 Å². The quantitative estimate of drug-likeness (QED) is 0.577. The maximum absolute atomic E-state index is 13.6. The zero-order valence-corrected chi connectivity index (χ0v) is 22.3. The van der Waals surface area contributed by atoms with Crippen molar-refractivity contribution in [1.29, 1.82) is 0 Å². The van der Waals surface area contributed by atoms with Gasteiger partial charge in [-0.1, -0.05) is 36.0 Å². The average Bonchev–Trinajstić information content (AvgIpc) is 3.35. The molecule has 3 aliphatic rings. The van der Waals surface area contributed by atoms with Crippen LogP contribution < -0.4 is 0 Å². The molecule has 36 heavy (non-hydrogen) atoms. The summed E-state index contributed by atoms with van der Waals surface area (Å²) >= 11 is 6.34. The number of halogens is 1. The summed E-state index contributed by atoms with van der Waals surface area (Å²) < 4.78 is 33.6. The number of carbonyl (C=O) groups is 1. The molecule has 9 nitrogen and oxygen atoms in total. The van der Waals surface area contributed by atoms with E-state index in [-0.39, 0.29) is 28.3 Å². The van der Waals surface area contributed by atoms with E-state index in [0.29, 0.717) is 42.7 Å². The first-order valence-electron chi connectivity index (χ1n) is 13.0. The molecule has 3 heterocycles. The molecule has 2 saturated heterocycles. The van der Waals surface area contributed by atoms with Gasteiger partial charge in [-0.3, -0.25) is 9.69 Å². The van der Waals surface area contributed by atoms with Crippen LogP contribution in [0, 0.1) is 12.8 Å². The van der Waals surface area contributed by atoms with E-state index in [2.05, 4.69) is 15.0 Å². The van der Waals surface area contributed by atoms with Crippen molar-refractivity contribution in [3.05, 3.63) is 29.1 Å². The van der Waals surface area contributed by atoms with Gasteiger partial charge in [0.25, 0.3) is 0 Å². The van der Waals surface area contributed by atoms with E-state index in [9.17, 15) is 13.2 Å². The van der Waals surface area contributed by atoms with Crippen molar-refractivity contribution in [2.45, 2.75) is 62.8 Å². The summed E-state index contributed by atoms with van der Waals surface area (Å²) in [5, 5.41) is 4.01. The summed E-state index contributed by atoms with van der Waals surface area (Å²) in [5.74, 6) is 0.429. The maximum Gasteiger partial charge on any atom is 0.244 e. The highest BCUT2D eigenvalue weighted by Gasteiger charge is 2.37. The van der Waals surface area contributed by atoms with Gasteiger partial charge in [-0.15, -0.1) is 0 Å². The number of rotatable bonds is 5. The lowest BCUT2D eigenvalue weighted by molar-refractivity contribution is -0.138. The number of aryl methyl sites for hydroxylation is 1. The van der Waals surface area contributed by atoms with E-state index in [4.69, 9.17) is 16.1 Å². The van der Waals surface area contributed by atoms with E-state index in [0.717, 1.165) is 26.2 Å². The molecule has 1 aromatic heterocycles. The number of benzene rings is 1. The number of piperazine rings is 1. The number of hydrogen-bond donors (Lipinski definition) is 0. The third kappa shape index (κ3) is 5.32. The van der Waals surface area contributed by atoms with Gasteiger partial charge in [0.1, 0.15) is 4.90 Å². The Morgan fingerprint density at radius 2 is 1.78 bits per heavy atom. The van der Waals surface area contributed by atoms with E-state index in [1.807, 2.05) is 4.90 Å². The summed E-state index contributed by atoms with van der Waals surface area (Å²) in [7, 11) is -3.90. The molecule has 5 rings (SSSR count). The molecule has 1 amide bonds. The van der Waals surface area contributed by atoms with E-state index in [1.54, 1.807) is 13.0 Å². The second-order valence-electron chi connectivity index (χ2n) is 10.1. The SMILES string of the molecule is Cc1nc(-c2ccc(Cl)c(S(=O)(=O)N3CCCC(C(=O)N4CCN(C5CCCCC5)CC4)C3)c2)no1. The fourth-order valence-corrected chi connectivity index (χ4v) is 7.79. The van der Waals surface area contributed by atoms with E-state index < -0.39 is 10.0 Å². The fourth-order valence-electron chi connectivity index (χ4n) is 5.77. The molecule has 3 fully saturated rings. The molecule has 0 radical (unpaired) electrons. The highest BCUT2D eigenvalue weighted by Crippen LogP contribution is 2.32. The van der Waals surface area contributed by atoms with Crippen molar-refractivity contribution in [2.24, 2.45) is 5.92 Å². The van der Waals surface area contributed by atoms with Crippen LogP contribution in [0.1, 0.15) is 50.8 Å². The number of piperidine rings is 1. The third-order valence-corrected chi connectivity index (χ3v) is 10.1. The minimum absolute atomic E-state index is 0.00156. The van der Waals surface area contributed by atoms with Crippen molar-refractivity contribution >= 4 is 27.5 Å². The van der Waals surface area contributed by atoms with Crippen molar-refractivity contribution in [3.63, 3.8) is 0 Å². The second-order valence-corrected chi connectivity index (χ2v) is 12.5. The Bertz CT molecular complexity index is 1190. The van der Waals surface area contributed by atoms with Crippen molar-refractivity contribution in [1.82, 2.24) is 24.2 Å². The predicted molar refractivity (Wildman–Crippen MR) is 136 cm³/mol. The summed E-state index contributed by atoms with van der Waals surface area (Å²) in [4.78, 5) is 22.0. The fraction of sp³-hybridized carbons (Fsp3) is 0.640. The molecule has 0 N–H and O–H groups in total. The Hall–Kier alpha value is -2.01. The predicted octanol–water partition coefficient (Wildman–Crippen LogP) is 3.58. The van der Waals surface area contributed by atoms with Crippen LogP contribution in [0.25, 0.3) is 11.4 Å². The Morgan fingerprint density at radius 1 is 1.03 bits per heavy atom. The van der Waals surface area contributed by atoms with E-state index in [1.165, 1.54) is 48.5 Å². The molecule has 0 spiro atoms. The van der Waals surface area contributed by atoms with Gasteiger partial charge in [-0.2, -0.15) is 9.29 Å². The molecule has 1 aromatic carbocycles. The van der Waals surface area contributed by atoms with Crippen LogP contribution in [-0.2, 0) is 14.8 Å². The van der Waals surface area contributed by atoms with Crippen LogP contribution in [0.5, 0.6) is 0 Å². The summed E-state index contributed by atoms with van der Waals surface area (Å²) in [6.45, 7) is 5.46. The summed E-state index contributed by atoms with van der Waals surface area (Å²) in [6.07, 6.45) is 7.81. The Morgan fingerprint density at radius 3 is 2.47 bits per heavy atom. The highest BCUT2D eigenvalue weighted by molar-refractivity contribution is 7.89. The third-order valence-electron chi connectivity index (χ3n) is 7.79. The highest BCUT2D eigenvalue weighted by atomic mass is 35.5. The molecule has 1 aliphatic carbocycles. The zero-order chi connectivity index (χ0) is 25.3. The van der Waals surface area contributed by atoms with Crippen LogP contribution in [0.3, 0.4) is 0 Å². The first-order valence-corrected chi connectivity index (χ1v) is 14.8. The number of nitrogens with zero attached hydrogens (tertiary/aromatic N) is 5. The minimum atomic E-state index is -3.90. The molecule has 2 aromatic rings. The summed E-state index contributed by atoms with van der Waals surface area (Å²) in [5.41, 5.74) is 0.510.